The lowest BCUT2D eigenvalue weighted by Crippen LogP contribution is -2.53. The third-order valence-electron chi connectivity index (χ3n) is 10.4. The molecule has 12 heteroatoms. The van der Waals surface area contributed by atoms with Gasteiger partial charge in [-0.1, -0.05) is 48.5 Å². The monoisotopic (exact) mass is 712 g/mol. The highest BCUT2D eigenvalue weighted by Gasteiger charge is 2.29. The van der Waals surface area contributed by atoms with Crippen LogP contribution in [0, 0.1) is 5.82 Å². The molecule has 0 bridgehead atoms. The van der Waals surface area contributed by atoms with Crippen LogP contribution in [-0.4, -0.2) is 66.1 Å². The maximum absolute atomic E-state index is 14.6. The summed E-state index contributed by atoms with van der Waals surface area (Å²) in [6, 6.07) is 24.8. The molecule has 4 heterocycles. The normalized spacial score (nSPS) is 20.8. The number of amides is 1. The second kappa shape index (κ2) is 14.4. The quantitative estimate of drug-likeness (QED) is 0.226. The van der Waals surface area contributed by atoms with E-state index in [0.29, 0.717) is 54.5 Å². The second-order valence-corrected chi connectivity index (χ2v) is 14.5. The van der Waals surface area contributed by atoms with E-state index in [1.54, 1.807) is 6.07 Å². The third-order valence-corrected chi connectivity index (χ3v) is 10.4. The van der Waals surface area contributed by atoms with Crippen LogP contribution in [0.3, 0.4) is 0 Å². The van der Waals surface area contributed by atoms with Crippen LogP contribution in [0.4, 0.5) is 4.39 Å². The van der Waals surface area contributed by atoms with Crippen LogP contribution >= 0.6 is 0 Å². The number of halogens is 1. The van der Waals surface area contributed by atoms with Crippen molar-refractivity contribution in [2.24, 2.45) is 0 Å². The van der Waals surface area contributed by atoms with Crippen molar-refractivity contribution in [3.63, 3.8) is 0 Å². The number of carbonyl (C=O) groups is 1. The molecule has 1 amide bonds. The minimum atomic E-state index is -0.659. The molecule has 1 saturated heterocycles. The molecule has 1 aliphatic heterocycles. The first kappa shape index (κ1) is 34.5. The van der Waals surface area contributed by atoms with Crippen molar-refractivity contribution >= 4 is 28.0 Å². The molecule has 0 radical (unpaired) electrons. The number of carbonyl (C=O) groups excluding carboxylic acids is 1. The van der Waals surface area contributed by atoms with Crippen molar-refractivity contribution < 1.29 is 9.18 Å². The first-order chi connectivity index (χ1) is 25.7. The van der Waals surface area contributed by atoms with Gasteiger partial charge in [0.2, 0.25) is 0 Å². The van der Waals surface area contributed by atoms with Gasteiger partial charge in [-0.05, 0) is 86.6 Å². The number of hydrogen-bond donors (Lipinski definition) is 2. The number of piperazine rings is 1. The van der Waals surface area contributed by atoms with Gasteiger partial charge in [0.1, 0.15) is 11.5 Å². The Morgan fingerprint density at radius 1 is 0.849 bits per heavy atom. The van der Waals surface area contributed by atoms with E-state index in [-0.39, 0.29) is 28.7 Å². The number of hydrogen-bond acceptors (Lipinski definition) is 8. The van der Waals surface area contributed by atoms with Crippen LogP contribution in [-0.2, 0) is 6.54 Å². The van der Waals surface area contributed by atoms with Gasteiger partial charge in [0.15, 0.2) is 5.65 Å². The highest BCUT2D eigenvalue weighted by Crippen LogP contribution is 2.29. The molecule has 0 unspecified atom stereocenters. The van der Waals surface area contributed by atoms with E-state index >= 15 is 0 Å². The van der Waals surface area contributed by atoms with Crippen molar-refractivity contribution in [1.29, 1.82) is 0 Å². The van der Waals surface area contributed by atoms with E-state index in [1.165, 1.54) is 20.9 Å². The Kier molecular flexibility index (Phi) is 9.40. The molecular formula is C41H41FN8O3. The number of pyridine rings is 1. The molecule has 53 heavy (non-hydrogen) atoms. The number of para-hydroxylation sites is 2. The van der Waals surface area contributed by atoms with E-state index in [9.17, 15) is 18.8 Å². The van der Waals surface area contributed by atoms with Gasteiger partial charge in [-0.15, -0.1) is 0 Å². The van der Waals surface area contributed by atoms with Gasteiger partial charge in [0, 0.05) is 43.8 Å². The summed E-state index contributed by atoms with van der Waals surface area (Å²) in [4.78, 5) is 56.8. The fourth-order valence-electron chi connectivity index (χ4n) is 8.00. The Hall–Kier alpha value is -5.59. The summed E-state index contributed by atoms with van der Waals surface area (Å²) in [7, 11) is 0. The molecule has 6 aromatic rings. The van der Waals surface area contributed by atoms with Crippen molar-refractivity contribution in [2.45, 2.75) is 70.2 Å². The molecule has 2 N–H and O–H groups in total. The number of rotatable bonds is 7. The summed E-state index contributed by atoms with van der Waals surface area (Å²) in [6.07, 6.45) is 4.51. The molecule has 0 spiro atoms. The van der Waals surface area contributed by atoms with Gasteiger partial charge in [0.25, 0.3) is 11.5 Å². The third kappa shape index (κ3) is 7.12. The summed E-state index contributed by atoms with van der Waals surface area (Å²) in [6.45, 7) is 7.28. The van der Waals surface area contributed by atoms with E-state index in [2.05, 4.69) is 68.6 Å². The Balaban J connectivity index is 1.04. The van der Waals surface area contributed by atoms with Gasteiger partial charge >= 0.3 is 5.69 Å². The van der Waals surface area contributed by atoms with E-state index in [0.717, 1.165) is 43.0 Å². The van der Waals surface area contributed by atoms with Crippen molar-refractivity contribution in [1.82, 2.24) is 39.6 Å². The average molecular weight is 713 g/mol. The average Bonchev–Trinajstić information content (AvgIpc) is 3.15. The fraction of sp³-hybridized carbons (Fsp3) is 0.317. The summed E-state index contributed by atoms with van der Waals surface area (Å²) < 4.78 is 17.2. The standard InChI is InChI=1S/C41H41FN8O3/c1-25-22-48(23-26(2)45-25)24-27-10-12-28(13-11-27)29-6-5-7-33(18-29)49-38-34(19-30(42)20-44-38)40(52)50(41(49)53)32-16-14-31(15-17-32)46-39(51)37-21-43-35-8-3-4-9-36(35)47-37/h3-13,18-21,25-26,31-32,45H,14-17,22-24H2,1-2H3,(H,46,51)/t25-,26+,31-,32+. The van der Waals surface area contributed by atoms with E-state index in [1.807, 2.05) is 42.5 Å². The topological polar surface area (TPSA) is 127 Å². The molecule has 3 aromatic carbocycles. The lowest BCUT2D eigenvalue weighted by molar-refractivity contribution is 0.0917. The number of nitrogens with zero attached hydrogens (tertiary/aromatic N) is 6. The molecule has 270 valence electrons. The molecule has 2 atom stereocenters. The lowest BCUT2D eigenvalue weighted by Gasteiger charge is -2.36. The number of aromatic nitrogens is 5. The molecule has 2 fully saturated rings. The second-order valence-electron chi connectivity index (χ2n) is 14.5. The van der Waals surface area contributed by atoms with Crippen LogP contribution in [0.25, 0.3) is 38.9 Å². The SMILES string of the molecule is C[C@@H]1CN(Cc2ccc(-c3cccc(-n4c(=O)n([C@H]5CC[C@@H](NC(=O)c6cnc7ccccc7n6)CC5)c(=O)c5cc(F)cnc54)c3)cc2)C[C@H](C)N1. The van der Waals surface area contributed by atoms with E-state index < -0.39 is 23.1 Å². The first-order valence-corrected chi connectivity index (χ1v) is 18.2. The predicted molar refractivity (Wildman–Crippen MR) is 203 cm³/mol. The summed E-state index contributed by atoms with van der Waals surface area (Å²) in [5.74, 6) is -0.982. The van der Waals surface area contributed by atoms with Gasteiger partial charge in [-0.25, -0.2) is 23.7 Å². The molecule has 2 aliphatic rings. The molecule has 1 saturated carbocycles. The maximum atomic E-state index is 14.6. The molecule has 11 nitrogen and oxygen atoms in total. The Bertz CT molecular complexity index is 2430. The Morgan fingerprint density at radius 3 is 2.34 bits per heavy atom. The Morgan fingerprint density at radius 2 is 1.58 bits per heavy atom. The fourth-order valence-corrected chi connectivity index (χ4v) is 8.00. The van der Waals surface area contributed by atoms with Crippen molar-refractivity contribution in [3.05, 3.63) is 129 Å². The van der Waals surface area contributed by atoms with Gasteiger partial charge in [-0.3, -0.25) is 24.0 Å². The minimum absolute atomic E-state index is 0.0289. The summed E-state index contributed by atoms with van der Waals surface area (Å²) in [5.41, 5.74) is 4.18. The zero-order valence-electron chi connectivity index (χ0n) is 29.7. The molecular weight excluding hydrogens is 672 g/mol. The zero-order chi connectivity index (χ0) is 36.6. The largest absolute Gasteiger partial charge is 0.348 e. The maximum Gasteiger partial charge on any atom is 0.337 e. The van der Waals surface area contributed by atoms with Gasteiger partial charge in [-0.2, -0.15) is 0 Å². The number of benzene rings is 3. The number of fused-ring (bicyclic) bond motifs is 2. The summed E-state index contributed by atoms with van der Waals surface area (Å²) >= 11 is 0. The van der Waals surface area contributed by atoms with Crippen LogP contribution in [0.5, 0.6) is 0 Å². The van der Waals surface area contributed by atoms with Crippen molar-refractivity contribution in [3.8, 4) is 16.8 Å². The first-order valence-electron chi connectivity index (χ1n) is 18.2. The van der Waals surface area contributed by atoms with Crippen LogP contribution in [0.15, 0.2) is 101 Å². The smallest absolute Gasteiger partial charge is 0.337 e. The van der Waals surface area contributed by atoms with Crippen LogP contribution in [0.1, 0.15) is 61.6 Å². The van der Waals surface area contributed by atoms with Gasteiger partial charge in [0.05, 0.1) is 34.5 Å². The van der Waals surface area contributed by atoms with Crippen LogP contribution < -0.4 is 21.9 Å². The highest BCUT2D eigenvalue weighted by molar-refractivity contribution is 5.94. The minimum Gasteiger partial charge on any atom is -0.348 e. The number of nitrogens with one attached hydrogen (secondary N) is 2. The highest BCUT2D eigenvalue weighted by atomic mass is 19.1. The van der Waals surface area contributed by atoms with E-state index in [4.69, 9.17) is 0 Å². The summed E-state index contributed by atoms with van der Waals surface area (Å²) in [5, 5.41) is 6.66. The molecule has 3 aromatic heterocycles. The van der Waals surface area contributed by atoms with Crippen molar-refractivity contribution in [2.75, 3.05) is 13.1 Å². The zero-order valence-corrected chi connectivity index (χ0v) is 29.7. The lowest BCUT2D eigenvalue weighted by atomic mass is 9.90. The molecule has 8 rings (SSSR count). The van der Waals surface area contributed by atoms with Crippen LogP contribution in [0.2, 0.25) is 0 Å². The van der Waals surface area contributed by atoms with Gasteiger partial charge < -0.3 is 10.6 Å². The Labute approximate surface area is 305 Å². The molecule has 1 aliphatic carbocycles. The predicted octanol–water partition coefficient (Wildman–Crippen LogP) is 5.39.